The van der Waals surface area contributed by atoms with Crippen LogP contribution in [0.15, 0.2) is 24.3 Å². The zero-order chi connectivity index (χ0) is 20.0. The third-order valence-electron chi connectivity index (χ3n) is 5.57. The number of alkyl halides is 3. The molecule has 0 spiro atoms. The van der Waals surface area contributed by atoms with Gasteiger partial charge in [0.25, 0.3) is 0 Å². The molecule has 1 fully saturated rings. The van der Waals surface area contributed by atoms with E-state index >= 15 is 0 Å². The van der Waals surface area contributed by atoms with Gasteiger partial charge in [-0.15, -0.1) is 0 Å². The quantitative estimate of drug-likeness (QED) is 0.716. The molecule has 1 aliphatic rings. The molecule has 0 bridgehead atoms. The molecule has 2 rings (SSSR count). The van der Waals surface area contributed by atoms with Crippen molar-refractivity contribution in [3.05, 3.63) is 35.4 Å². The lowest BCUT2D eigenvalue weighted by Crippen LogP contribution is -2.36. The molecule has 1 aromatic carbocycles. The first-order chi connectivity index (χ1) is 12.7. The van der Waals surface area contributed by atoms with Crippen molar-refractivity contribution in [2.24, 2.45) is 17.6 Å². The smallest absolute Gasteiger partial charge is 0.416 e. The van der Waals surface area contributed by atoms with E-state index in [1.165, 1.54) is 0 Å². The van der Waals surface area contributed by atoms with Gasteiger partial charge in [0.1, 0.15) is 12.1 Å². The third-order valence-corrected chi connectivity index (χ3v) is 5.57. The largest absolute Gasteiger partial charge is 0.461 e. The number of unbranched alkanes of at least 4 members (excludes halogenated alkanes) is 1. The van der Waals surface area contributed by atoms with Gasteiger partial charge in [-0.2, -0.15) is 13.2 Å². The standard InChI is InChI=1S/C21H30F3NO2/c1-3-4-7-18-14(2)27-20(26)19(25)8-5-6-16(18)13-15-9-11-17(12-10-15)21(22,23)24/h9-12,14,16,18-19H,3-8,13,25H2,1-2H3. The Kier molecular flexibility index (Phi) is 7.71. The zero-order valence-corrected chi connectivity index (χ0v) is 16.1. The predicted molar refractivity (Wildman–Crippen MR) is 99.0 cm³/mol. The highest BCUT2D eigenvalue weighted by Crippen LogP contribution is 2.34. The van der Waals surface area contributed by atoms with Crippen molar-refractivity contribution >= 4 is 5.97 Å². The van der Waals surface area contributed by atoms with E-state index in [4.69, 9.17) is 10.5 Å². The number of carbonyl (C=O) groups excluding carboxylic acids is 1. The molecule has 1 aromatic rings. The number of halogens is 3. The van der Waals surface area contributed by atoms with Crippen molar-refractivity contribution in [3.63, 3.8) is 0 Å². The molecular weight excluding hydrogens is 355 g/mol. The van der Waals surface area contributed by atoms with Crippen molar-refractivity contribution in [1.82, 2.24) is 0 Å². The number of hydrogen-bond donors (Lipinski definition) is 1. The molecule has 3 nitrogen and oxygen atoms in total. The fourth-order valence-electron chi connectivity index (χ4n) is 3.97. The van der Waals surface area contributed by atoms with Gasteiger partial charge in [-0.1, -0.05) is 38.3 Å². The topological polar surface area (TPSA) is 52.3 Å². The van der Waals surface area contributed by atoms with Gasteiger partial charge >= 0.3 is 12.1 Å². The lowest BCUT2D eigenvalue weighted by molar-refractivity contribution is -0.153. The monoisotopic (exact) mass is 385 g/mol. The van der Waals surface area contributed by atoms with Crippen molar-refractivity contribution in [2.75, 3.05) is 0 Å². The first kappa shape index (κ1) is 21.7. The second-order valence-electron chi connectivity index (χ2n) is 7.64. The number of carbonyl (C=O) groups is 1. The molecular formula is C21H30F3NO2. The van der Waals surface area contributed by atoms with E-state index in [9.17, 15) is 18.0 Å². The zero-order valence-electron chi connectivity index (χ0n) is 16.1. The maximum absolute atomic E-state index is 12.8. The molecule has 0 amide bonds. The summed E-state index contributed by atoms with van der Waals surface area (Å²) in [5, 5.41) is 0. The molecule has 1 aliphatic heterocycles. The van der Waals surface area contributed by atoms with Gasteiger partial charge in [0.05, 0.1) is 5.56 Å². The van der Waals surface area contributed by atoms with Crippen LogP contribution < -0.4 is 5.73 Å². The SMILES string of the molecule is CCCCC1C(Cc2ccc(C(F)(F)F)cc2)CCCC(N)C(=O)OC1C. The summed E-state index contributed by atoms with van der Waals surface area (Å²) < 4.78 is 44.0. The van der Waals surface area contributed by atoms with Gasteiger partial charge in [0, 0.05) is 0 Å². The van der Waals surface area contributed by atoms with Crippen molar-refractivity contribution < 1.29 is 22.7 Å². The van der Waals surface area contributed by atoms with E-state index in [0.29, 0.717) is 12.8 Å². The Morgan fingerprint density at radius 3 is 2.44 bits per heavy atom. The summed E-state index contributed by atoms with van der Waals surface area (Å²) in [5.74, 6) is 0.0852. The predicted octanol–water partition coefficient (Wildman–Crippen LogP) is 5.11. The van der Waals surface area contributed by atoms with Gasteiger partial charge in [0.2, 0.25) is 0 Å². The van der Waals surface area contributed by atoms with Crippen LogP contribution in [0, 0.1) is 11.8 Å². The number of rotatable bonds is 5. The molecule has 4 atom stereocenters. The van der Waals surface area contributed by atoms with Crippen molar-refractivity contribution in [2.45, 2.75) is 77.1 Å². The van der Waals surface area contributed by atoms with E-state index in [2.05, 4.69) is 6.92 Å². The van der Waals surface area contributed by atoms with Gasteiger partial charge in [-0.3, -0.25) is 4.79 Å². The first-order valence-corrected chi connectivity index (χ1v) is 9.84. The van der Waals surface area contributed by atoms with Crippen LogP contribution in [0.5, 0.6) is 0 Å². The normalized spacial score (nSPS) is 27.4. The Morgan fingerprint density at radius 1 is 1.19 bits per heavy atom. The number of ether oxygens (including phenoxy) is 1. The molecule has 0 aliphatic carbocycles. The highest BCUT2D eigenvalue weighted by atomic mass is 19.4. The minimum Gasteiger partial charge on any atom is -0.461 e. The van der Waals surface area contributed by atoms with Crippen molar-refractivity contribution in [1.29, 1.82) is 0 Å². The van der Waals surface area contributed by atoms with Crippen LogP contribution in [0.2, 0.25) is 0 Å². The van der Waals surface area contributed by atoms with Crippen LogP contribution >= 0.6 is 0 Å². The van der Waals surface area contributed by atoms with E-state index in [1.807, 2.05) is 6.92 Å². The minimum atomic E-state index is -4.32. The van der Waals surface area contributed by atoms with Crippen LogP contribution in [0.1, 0.15) is 63.5 Å². The molecule has 2 N–H and O–H groups in total. The number of benzene rings is 1. The lowest BCUT2D eigenvalue weighted by Gasteiger charge is -2.31. The summed E-state index contributed by atoms with van der Waals surface area (Å²) in [6, 6.07) is 4.82. The Hall–Kier alpha value is -1.56. The molecule has 1 saturated heterocycles. The maximum Gasteiger partial charge on any atom is 0.416 e. The van der Waals surface area contributed by atoms with Crippen LogP contribution in [-0.4, -0.2) is 18.1 Å². The number of esters is 1. The second kappa shape index (κ2) is 9.58. The molecule has 27 heavy (non-hydrogen) atoms. The number of nitrogens with two attached hydrogens (primary N) is 1. The average molecular weight is 385 g/mol. The summed E-state index contributed by atoms with van der Waals surface area (Å²) in [6.45, 7) is 4.03. The molecule has 0 saturated carbocycles. The Labute approximate surface area is 159 Å². The molecule has 0 radical (unpaired) electrons. The number of hydrogen-bond acceptors (Lipinski definition) is 3. The van der Waals surface area contributed by atoms with Crippen LogP contribution in [0.25, 0.3) is 0 Å². The fourth-order valence-corrected chi connectivity index (χ4v) is 3.97. The average Bonchev–Trinajstić information content (AvgIpc) is 2.64. The van der Waals surface area contributed by atoms with E-state index in [-0.39, 0.29) is 23.9 Å². The molecule has 6 heteroatoms. The summed E-state index contributed by atoms with van der Waals surface area (Å²) in [6.07, 6.45) is 1.42. The van der Waals surface area contributed by atoms with E-state index < -0.39 is 17.8 Å². The van der Waals surface area contributed by atoms with Crippen molar-refractivity contribution in [3.8, 4) is 0 Å². The van der Waals surface area contributed by atoms with Gasteiger partial charge < -0.3 is 10.5 Å². The van der Waals surface area contributed by atoms with Crippen LogP contribution in [0.4, 0.5) is 13.2 Å². The summed E-state index contributed by atoms with van der Waals surface area (Å²) in [5.41, 5.74) is 6.16. The first-order valence-electron chi connectivity index (χ1n) is 9.84. The van der Waals surface area contributed by atoms with E-state index in [0.717, 1.165) is 49.8 Å². The van der Waals surface area contributed by atoms with Gasteiger partial charge in [-0.05, 0) is 62.1 Å². The Morgan fingerprint density at radius 2 is 1.85 bits per heavy atom. The lowest BCUT2D eigenvalue weighted by atomic mass is 9.78. The summed E-state index contributed by atoms with van der Waals surface area (Å²) >= 11 is 0. The second-order valence-corrected chi connectivity index (χ2v) is 7.64. The van der Waals surface area contributed by atoms with Crippen LogP contribution in [0.3, 0.4) is 0 Å². The van der Waals surface area contributed by atoms with Gasteiger partial charge in [0.15, 0.2) is 0 Å². The highest BCUT2D eigenvalue weighted by Gasteiger charge is 2.33. The maximum atomic E-state index is 12.8. The molecule has 1 heterocycles. The molecule has 152 valence electrons. The fraction of sp³-hybridized carbons (Fsp3) is 0.667. The summed E-state index contributed by atoms with van der Waals surface area (Å²) in [7, 11) is 0. The highest BCUT2D eigenvalue weighted by molar-refractivity contribution is 5.75. The minimum absolute atomic E-state index is 0.182. The molecule has 0 aromatic heterocycles. The summed E-state index contributed by atoms with van der Waals surface area (Å²) in [4.78, 5) is 12.1. The Balaban J connectivity index is 2.19. The Bertz CT molecular complexity index is 600. The van der Waals surface area contributed by atoms with E-state index in [1.54, 1.807) is 12.1 Å². The molecule has 4 unspecified atom stereocenters. The van der Waals surface area contributed by atoms with Gasteiger partial charge in [-0.25, -0.2) is 0 Å². The number of cyclic esters (lactones) is 1. The third kappa shape index (κ3) is 6.23. The van der Waals surface area contributed by atoms with Crippen LogP contribution in [-0.2, 0) is 22.1 Å².